The van der Waals surface area contributed by atoms with Crippen LogP contribution < -0.4 is 15.4 Å². The Hall–Kier alpha value is -2.90. The summed E-state index contributed by atoms with van der Waals surface area (Å²) < 4.78 is 5.11. The number of aromatic amines is 1. The molecule has 1 aromatic carbocycles. The number of H-pyrrole nitrogens is 1. The van der Waals surface area contributed by atoms with E-state index in [4.69, 9.17) is 4.74 Å². The summed E-state index contributed by atoms with van der Waals surface area (Å²) in [7, 11) is 1.59. The van der Waals surface area contributed by atoms with Gasteiger partial charge in [-0.25, -0.2) is 0 Å². The van der Waals surface area contributed by atoms with Gasteiger partial charge in [0.25, 0.3) is 0 Å². The molecule has 2 amide bonds. The molecule has 1 aromatic heterocycles. The number of benzene rings is 1. The average molecular weight is 345 g/mol. The zero-order chi connectivity index (χ0) is 18.6. The van der Waals surface area contributed by atoms with Crippen LogP contribution in [0.3, 0.4) is 0 Å². The monoisotopic (exact) mass is 345 g/mol. The summed E-state index contributed by atoms with van der Waals surface area (Å²) in [4.78, 5) is 28.3. The van der Waals surface area contributed by atoms with E-state index in [9.17, 15) is 9.59 Å². The molecule has 0 spiro atoms. The first kappa shape index (κ1) is 18.4. The number of rotatable bonds is 5. The molecule has 0 aliphatic rings. The maximum absolute atomic E-state index is 12.2. The van der Waals surface area contributed by atoms with Crippen molar-refractivity contribution in [3.8, 4) is 17.1 Å². The number of carbonyl (C=O) groups is 2. The molecule has 8 heteroatoms. The van der Waals surface area contributed by atoms with Crippen molar-refractivity contribution < 1.29 is 14.3 Å². The fraction of sp³-hybridized carbons (Fsp3) is 0.412. The third-order valence-corrected chi connectivity index (χ3v) is 3.51. The molecule has 1 unspecified atom stereocenters. The number of ether oxygens (including phenoxy) is 1. The molecule has 1 heterocycles. The van der Waals surface area contributed by atoms with Gasteiger partial charge in [0.2, 0.25) is 17.8 Å². The van der Waals surface area contributed by atoms with Gasteiger partial charge in [0.05, 0.1) is 7.11 Å². The quantitative estimate of drug-likeness (QED) is 0.767. The number of anilines is 1. The van der Waals surface area contributed by atoms with Crippen LogP contribution in [-0.4, -0.2) is 40.1 Å². The van der Waals surface area contributed by atoms with Crippen LogP contribution in [0.2, 0.25) is 0 Å². The van der Waals surface area contributed by atoms with E-state index >= 15 is 0 Å². The van der Waals surface area contributed by atoms with Gasteiger partial charge >= 0.3 is 0 Å². The van der Waals surface area contributed by atoms with Crippen LogP contribution in [0, 0.1) is 5.41 Å². The SMILES string of the molecule is COc1ccc(-c2nc(NC(=O)C(C)NC(=O)C(C)(C)C)n[nH]2)cc1. The lowest BCUT2D eigenvalue weighted by molar-refractivity contribution is -0.131. The van der Waals surface area contributed by atoms with Crippen molar-refractivity contribution in [3.05, 3.63) is 24.3 Å². The second-order valence-corrected chi connectivity index (χ2v) is 6.67. The summed E-state index contributed by atoms with van der Waals surface area (Å²) >= 11 is 0. The van der Waals surface area contributed by atoms with Gasteiger partial charge in [-0.15, -0.1) is 5.10 Å². The predicted molar refractivity (Wildman–Crippen MR) is 94.1 cm³/mol. The second kappa shape index (κ2) is 7.33. The van der Waals surface area contributed by atoms with Gasteiger partial charge in [-0.3, -0.25) is 20.0 Å². The number of amides is 2. The summed E-state index contributed by atoms with van der Waals surface area (Å²) in [5.74, 6) is 0.805. The van der Waals surface area contributed by atoms with Gasteiger partial charge in [-0.1, -0.05) is 20.8 Å². The standard InChI is InChI=1S/C17H23N5O3/c1-10(18-15(24)17(2,3)4)14(23)20-16-19-13(21-22-16)11-6-8-12(25-5)9-7-11/h6-10H,1-5H3,(H,18,24)(H2,19,20,21,22,23). The van der Waals surface area contributed by atoms with E-state index < -0.39 is 17.4 Å². The number of hydrogen-bond acceptors (Lipinski definition) is 5. The maximum Gasteiger partial charge on any atom is 0.249 e. The highest BCUT2D eigenvalue weighted by Crippen LogP contribution is 2.19. The molecule has 2 rings (SSSR count). The molecule has 0 bridgehead atoms. The third kappa shape index (κ3) is 4.79. The van der Waals surface area contributed by atoms with Gasteiger partial charge in [0.15, 0.2) is 5.82 Å². The Morgan fingerprint density at radius 2 is 1.84 bits per heavy atom. The van der Waals surface area contributed by atoms with Gasteiger partial charge in [-0.05, 0) is 31.2 Å². The summed E-state index contributed by atoms with van der Waals surface area (Å²) in [5.41, 5.74) is 0.239. The topological polar surface area (TPSA) is 109 Å². The zero-order valence-corrected chi connectivity index (χ0v) is 15.0. The van der Waals surface area contributed by atoms with Crippen LogP contribution in [0.5, 0.6) is 5.75 Å². The number of nitrogens with zero attached hydrogens (tertiary/aromatic N) is 2. The van der Waals surface area contributed by atoms with E-state index in [1.165, 1.54) is 0 Å². The van der Waals surface area contributed by atoms with Gasteiger partial charge in [0, 0.05) is 11.0 Å². The van der Waals surface area contributed by atoms with Crippen LogP contribution in [0.15, 0.2) is 24.3 Å². The molecule has 0 saturated heterocycles. The van der Waals surface area contributed by atoms with E-state index in [1.54, 1.807) is 46.9 Å². The van der Waals surface area contributed by atoms with E-state index in [1.807, 2.05) is 12.1 Å². The fourth-order valence-electron chi connectivity index (χ4n) is 1.89. The number of methoxy groups -OCH3 is 1. The lowest BCUT2D eigenvalue weighted by Gasteiger charge is -2.20. The Labute approximate surface area is 146 Å². The molecule has 0 saturated carbocycles. The Balaban J connectivity index is 2.00. The molecule has 8 nitrogen and oxygen atoms in total. The van der Waals surface area contributed by atoms with Crippen molar-refractivity contribution in [2.45, 2.75) is 33.7 Å². The van der Waals surface area contributed by atoms with Crippen LogP contribution in [0.4, 0.5) is 5.95 Å². The fourth-order valence-corrected chi connectivity index (χ4v) is 1.89. The summed E-state index contributed by atoms with van der Waals surface area (Å²) in [6.45, 7) is 6.95. The van der Waals surface area contributed by atoms with Crippen molar-refractivity contribution in [2.75, 3.05) is 12.4 Å². The molecular formula is C17H23N5O3. The lowest BCUT2D eigenvalue weighted by atomic mass is 9.95. The minimum Gasteiger partial charge on any atom is -0.497 e. The molecule has 0 aliphatic carbocycles. The van der Waals surface area contributed by atoms with E-state index in [0.717, 1.165) is 11.3 Å². The third-order valence-electron chi connectivity index (χ3n) is 3.51. The molecule has 1 atom stereocenters. The van der Waals surface area contributed by atoms with Crippen molar-refractivity contribution in [3.63, 3.8) is 0 Å². The largest absolute Gasteiger partial charge is 0.497 e. The number of nitrogens with one attached hydrogen (secondary N) is 3. The normalized spacial score (nSPS) is 12.4. The highest BCUT2D eigenvalue weighted by atomic mass is 16.5. The average Bonchev–Trinajstić information content (AvgIpc) is 3.02. The molecule has 2 aromatic rings. The van der Waals surface area contributed by atoms with Crippen molar-refractivity contribution >= 4 is 17.8 Å². The van der Waals surface area contributed by atoms with Crippen LogP contribution >= 0.6 is 0 Å². The number of aromatic nitrogens is 3. The minimum atomic E-state index is -0.699. The molecule has 3 N–H and O–H groups in total. The van der Waals surface area contributed by atoms with Crippen LogP contribution in [-0.2, 0) is 9.59 Å². The minimum absolute atomic E-state index is 0.146. The van der Waals surface area contributed by atoms with E-state index in [2.05, 4.69) is 25.8 Å². The number of hydrogen-bond donors (Lipinski definition) is 3. The Kier molecular flexibility index (Phi) is 5.41. The molecular weight excluding hydrogens is 322 g/mol. The van der Waals surface area contributed by atoms with Crippen molar-refractivity contribution in [2.24, 2.45) is 5.41 Å². The maximum atomic E-state index is 12.2. The van der Waals surface area contributed by atoms with E-state index in [-0.39, 0.29) is 11.9 Å². The summed E-state index contributed by atoms with van der Waals surface area (Å²) in [6, 6.07) is 6.57. The van der Waals surface area contributed by atoms with Crippen molar-refractivity contribution in [1.29, 1.82) is 0 Å². The smallest absolute Gasteiger partial charge is 0.249 e. The van der Waals surface area contributed by atoms with E-state index in [0.29, 0.717) is 5.82 Å². The Morgan fingerprint density at radius 1 is 1.20 bits per heavy atom. The first-order valence-corrected chi connectivity index (χ1v) is 7.89. The molecule has 0 radical (unpaired) electrons. The lowest BCUT2D eigenvalue weighted by Crippen LogP contribution is -2.46. The Bertz CT molecular complexity index is 746. The van der Waals surface area contributed by atoms with Gasteiger partial charge in [-0.2, -0.15) is 4.98 Å². The van der Waals surface area contributed by atoms with Crippen molar-refractivity contribution in [1.82, 2.24) is 20.5 Å². The highest BCUT2D eigenvalue weighted by Gasteiger charge is 2.25. The first-order chi connectivity index (χ1) is 11.7. The molecule has 0 fully saturated rings. The zero-order valence-electron chi connectivity index (χ0n) is 15.0. The predicted octanol–water partition coefficient (Wildman–Crippen LogP) is 1.97. The second-order valence-electron chi connectivity index (χ2n) is 6.67. The molecule has 0 aliphatic heterocycles. The first-order valence-electron chi connectivity index (χ1n) is 7.89. The summed E-state index contributed by atoms with van der Waals surface area (Å²) in [5, 5.41) is 12.0. The molecule has 25 heavy (non-hydrogen) atoms. The van der Waals surface area contributed by atoms with Gasteiger partial charge in [0.1, 0.15) is 11.8 Å². The highest BCUT2D eigenvalue weighted by molar-refractivity contribution is 5.96. The molecule has 134 valence electrons. The van der Waals surface area contributed by atoms with Crippen LogP contribution in [0.25, 0.3) is 11.4 Å². The number of carbonyl (C=O) groups excluding carboxylic acids is 2. The summed E-state index contributed by atoms with van der Waals surface area (Å²) in [6.07, 6.45) is 0. The van der Waals surface area contributed by atoms with Gasteiger partial charge < -0.3 is 10.1 Å². The Morgan fingerprint density at radius 3 is 2.40 bits per heavy atom. The van der Waals surface area contributed by atoms with Crippen LogP contribution in [0.1, 0.15) is 27.7 Å².